The molecule has 2 rings (SSSR count). The molecule has 1 heterocycles. The van der Waals surface area contributed by atoms with Gasteiger partial charge in [0.05, 0.1) is 5.69 Å². The van der Waals surface area contributed by atoms with E-state index in [2.05, 4.69) is 15.3 Å². The van der Waals surface area contributed by atoms with Crippen molar-refractivity contribution in [3.63, 3.8) is 0 Å². The summed E-state index contributed by atoms with van der Waals surface area (Å²) in [6, 6.07) is 1.91. The Morgan fingerprint density at radius 3 is 2.29 bits per heavy atom. The molecule has 1 aromatic carbocycles. The number of benzene rings is 1. The molecule has 1 aromatic heterocycles. The van der Waals surface area contributed by atoms with Gasteiger partial charge in [-0.1, -0.05) is 13.3 Å². The minimum absolute atomic E-state index is 0.205. The van der Waals surface area contributed by atoms with Crippen LogP contribution in [-0.4, -0.2) is 16.5 Å². The Bertz CT molecular complexity index is 621. The number of hydrogen-bond acceptors (Lipinski definition) is 3. The summed E-state index contributed by atoms with van der Waals surface area (Å²) in [4.78, 5) is 8.27. The normalized spacial score (nSPS) is 10.7. The lowest BCUT2D eigenvalue weighted by Gasteiger charge is -2.13. The summed E-state index contributed by atoms with van der Waals surface area (Å²) in [6.45, 7) is 4.58. The molecule has 0 amide bonds. The Hall–Kier alpha value is -2.11. The monoisotopic (exact) mass is 295 g/mol. The van der Waals surface area contributed by atoms with Crippen LogP contribution in [0.4, 0.5) is 19.0 Å². The van der Waals surface area contributed by atoms with Gasteiger partial charge in [0, 0.05) is 17.7 Å². The fraction of sp³-hybridized carbons (Fsp3) is 0.333. The molecule has 2 aromatic rings. The first-order valence-electron chi connectivity index (χ1n) is 6.81. The van der Waals surface area contributed by atoms with Crippen LogP contribution in [0, 0.1) is 17.5 Å². The molecular formula is C15H16F3N3. The topological polar surface area (TPSA) is 37.8 Å². The van der Waals surface area contributed by atoms with Gasteiger partial charge in [-0.05, 0) is 25.5 Å². The zero-order valence-electron chi connectivity index (χ0n) is 11.9. The van der Waals surface area contributed by atoms with E-state index in [1.54, 1.807) is 0 Å². The van der Waals surface area contributed by atoms with Crippen molar-refractivity contribution < 1.29 is 13.2 Å². The molecule has 0 aliphatic carbocycles. The standard InChI is InChI=1S/C15H16F3N3/c1-3-5-10-14(20-8-21-15(10)19-4-2)9-6-11(16)13(18)12(17)7-9/h6-8H,3-5H2,1-2H3,(H,19,20,21). The smallest absolute Gasteiger partial charge is 0.194 e. The van der Waals surface area contributed by atoms with Crippen molar-refractivity contribution in [2.24, 2.45) is 0 Å². The largest absolute Gasteiger partial charge is 0.370 e. The van der Waals surface area contributed by atoms with Crippen molar-refractivity contribution in [1.29, 1.82) is 0 Å². The van der Waals surface area contributed by atoms with Crippen LogP contribution in [0.25, 0.3) is 11.3 Å². The van der Waals surface area contributed by atoms with E-state index in [4.69, 9.17) is 0 Å². The fourth-order valence-electron chi connectivity index (χ4n) is 2.16. The Kier molecular flexibility index (Phi) is 4.77. The third kappa shape index (κ3) is 3.15. The molecule has 21 heavy (non-hydrogen) atoms. The molecule has 6 heteroatoms. The third-order valence-corrected chi connectivity index (χ3v) is 3.05. The van der Waals surface area contributed by atoms with E-state index in [1.165, 1.54) is 6.33 Å². The quantitative estimate of drug-likeness (QED) is 0.849. The van der Waals surface area contributed by atoms with Crippen molar-refractivity contribution in [1.82, 2.24) is 9.97 Å². The lowest BCUT2D eigenvalue weighted by Crippen LogP contribution is -2.07. The van der Waals surface area contributed by atoms with Gasteiger partial charge in [-0.2, -0.15) is 0 Å². The Morgan fingerprint density at radius 1 is 1.05 bits per heavy atom. The van der Waals surface area contributed by atoms with Crippen LogP contribution in [0.1, 0.15) is 25.8 Å². The molecule has 0 aliphatic heterocycles. The van der Waals surface area contributed by atoms with E-state index in [0.29, 0.717) is 24.5 Å². The number of halogens is 3. The lowest BCUT2D eigenvalue weighted by atomic mass is 10.0. The second-order valence-electron chi connectivity index (χ2n) is 4.58. The van der Waals surface area contributed by atoms with Gasteiger partial charge in [-0.3, -0.25) is 0 Å². The zero-order valence-corrected chi connectivity index (χ0v) is 11.9. The van der Waals surface area contributed by atoms with E-state index in [9.17, 15) is 13.2 Å². The van der Waals surface area contributed by atoms with Gasteiger partial charge < -0.3 is 5.32 Å². The van der Waals surface area contributed by atoms with E-state index in [-0.39, 0.29) is 5.56 Å². The van der Waals surface area contributed by atoms with Crippen LogP contribution in [0.15, 0.2) is 18.5 Å². The van der Waals surface area contributed by atoms with Crippen molar-refractivity contribution in [3.05, 3.63) is 41.5 Å². The van der Waals surface area contributed by atoms with Gasteiger partial charge in [0.25, 0.3) is 0 Å². The molecule has 0 saturated heterocycles. The first kappa shape index (κ1) is 15.3. The summed E-state index contributed by atoms with van der Waals surface area (Å²) in [5, 5.41) is 3.10. The second kappa shape index (κ2) is 6.56. The Labute approximate surface area is 121 Å². The number of nitrogens with one attached hydrogen (secondary N) is 1. The maximum absolute atomic E-state index is 13.4. The maximum atomic E-state index is 13.4. The van der Waals surface area contributed by atoms with Gasteiger partial charge >= 0.3 is 0 Å². The van der Waals surface area contributed by atoms with Crippen LogP contribution >= 0.6 is 0 Å². The van der Waals surface area contributed by atoms with Crippen LogP contribution in [-0.2, 0) is 6.42 Å². The molecule has 112 valence electrons. The maximum Gasteiger partial charge on any atom is 0.194 e. The minimum Gasteiger partial charge on any atom is -0.370 e. The van der Waals surface area contributed by atoms with Crippen molar-refractivity contribution in [3.8, 4) is 11.3 Å². The fourth-order valence-corrected chi connectivity index (χ4v) is 2.16. The Balaban J connectivity index is 2.60. The zero-order chi connectivity index (χ0) is 15.4. The molecule has 0 fully saturated rings. The lowest BCUT2D eigenvalue weighted by molar-refractivity contribution is 0.447. The molecule has 0 radical (unpaired) electrons. The number of anilines is 1. The molecular weight excluding hydrogens is 279 g/mol. The average molecular weight is 295 g/mol. The van der Waals surface area contributed by atoms with Crippen molar-refractivity contribution in [2.75, 3.05) is 11.9 Å². The highest BCUT2D eigenvalue weighted by Gasteiger charge is 2.17. The first-order chi connectivity index (χ1) is 10.1. The van der Waals surface area contributed by atoms with Crippen LogP contribution < -0.4 is 5.32 Å². The van der Waals surface area contributed by atoms with Crippen LogP contribution in [0.2, 0.25) is 0 Å². The first-order valence-corrected chi connectivity index (χ1v) is 6.81. The molecule has 0 bridgehead atoms. The molecule has 1 N–H and O–H groups in total. The average Bonchev–Trinajstić information content (AvgIpc) is 2.46. The van der Waals surface area contributed by atoms with Crippen LogP contribution in [0.5, 0.6) is 0 Å². The molecule has 0 aliphatic rings. The van der Waals surface area contributed by atoms with E-state index in [0.717, 1.165) is 24.1 Å². The van der Waals surface area contributed by atoms with Crippen molar-refractivity contribution in [2.45, 2.75) is 26.7 Å². The van der Waals surface area contributed by atoms with Gasteiger partial charge in [-0.15, -0.1) is 0 Å². The second-order valence-corrected chi connectivity index (χ2v) is 4.58. The molecule has 0 unspecified atom stereocenters. The molecule has 0 spiro atoms. The molecule has 0 atom stereocenters. The van der Waals surface area contributed by atoms with Crippen LogP contribution in [0.3, 0.4) is 0 Å². The summed E-state index contributed by atoms with van der Waals surface area (Å²) >= 11 is 0. The summed E-state index contributed by atoms with van der Waals surface area (Å²) in [5.41, 5.74) is 1.39. The molecule has 3 nitrogen and oxygen atoms in total. The van der Waals surface area contributed by atoms with Gasteiger partial charge in [0.2, 0.25) is 0 Å². The summed E-state index contributed by atoms with van der Waals surface area (Å²) in [7, 11) is 0. The summed E-state index contributed by atoms with van der Waals surface area (Å²) < 4.78 is 39.9. The Morgan fingerprint density at radius 2 is 1.71 bits per heavy atom. The SMILES string of the molecule is CCCc1c(NCC)ncnc1-c1cc(F)c(F)c(F)c1. The van der Waals surface area contributed by atoms with E-state index >= 15 is 0 Å². The summed E-state index contributed by atoms with van der Waals surface area (Å²) in [5.74, 6) is -3.29. The highest BCUT2D eigenvalue weighted by Crippen LogP contribution is 2.29. The van der Waals surface area contributed by atoms with Gasteiger partial charge in [0.15, 0.2) is 17.5 Å². The van der Waals surface area contributed by atoms with Gasteiger partial charge in [-0.25, -0.2) is 23.1 Å². The van der Waals surface area contributed by atoms with E-state index in [1.807, 2.05) is 13.8 Å². The highest BCUT2D eigenvalue weighted by molar-refractivity contribution is 5.68. The number of aromatic nitrogens is 2. The van der Waals surface area contributed by atoms with Crippen molar-refractivity contribution >= 4 is 5.82 Å². The highest BCUT2D eigenvalue weighted by atomic mass is 19.2. The minimum atomic E-state index is -1.48. The van der Waals surface area contributed by atoms with Gasteiger partial charge in [0.1, 0.15) is 12.1 Å². The van der Waals surface area contributed by atoms with E-state index < -0.39 is 17.5 Å². The predicted octanol–water partition coefficient (Wildman–Crippen LogP) is 3.95. The third-order valence-electron chi connectivity index (χ3n) is 3.05. The summed E-state index contributed by atoms with van der Waals surface area (Å²) in [6.07, 6.45) is 2.80. The number of hydrogen-bond donors (Lipinski definition) is 1. The molecule has 0 saturated carbocycles. The number of nitrogens with zero attached hydrogens (tertiary/aromatic N) is 2. The predicted molar refractivity (Wildman–Crippen MR) is 75.5 cm³/mol. The number of rotatable bonds is 5.